The molecule has 1 aliphatic rings. The quantitative estimate of drug-likeness (QED) is 0.564. The number of hydrogen-bond donors (Lipinski definition) is 0. The van der Waals surface area contributed by atoms with Gasteiger partial charge in [0.2, 0.25) is 0 Å². The van der Waals surface area contributed by atoms with Crippen molar-refractivity contribution in [2.75, 3.05) is 7.11 Å². The maximum absolute atomic E-state index is 11.4. The Morgan fingerprint density at radius 1 is 1.25 bits per heavy atom. The molecule has 0 saturated heterocycles. The molecule has 0 heterocycles. The van der Waals surface area contributed by atoms with Crippen molar-refractivity contribution in [1.29, 1.82) is 0 Å². The lowest BCUT2D eigenvalue weighted by atomic mass is 9.74. The van der Waals surface area contributed by atoms with Crippen LogP contribution in [0.4, 0.5) is 0 Å². The van der Waals surface area contributed by atoms with Crippen molar-refractivity contribution in [3.63, 3.8) is 0 Å². The number of carbonyl (C=O) groups excluding carboxylic acids is 1. The highest BCUT2D eigenvalue weighted by atomic mass is 16.5. The van der Waals surface area contributed by atoms with Crippen molar-refractivity contribution in [3.8, 4) is 0 Å². The van der Waals surface area contributed by atoms with Gasteiger partial charge in [-0.15, -0.1) is 0 Å². The molecular formula is C10H18O2. The molecule has 70 valence electrons. The third-order valence-corrected chi connectivity index (χ3v) is 3.02. The van der Waals surface area contributed by atoms with E-state index in [-0.39, 0.29) is 11.9 Å². The van der Waals surface area contributed by atoms with Crippen molar-refractivity contribution >= 4 is 5.97 Å². The zero-order chi connectivity index (χ0) is 9.14. The molecule has 0 bridgehead atoms. The summed E-state index contributed by atoms with van der Waals surface area (Å²) in [6.45, 7) is 4.30. The highest BCUT2D eigenvalue weighted by Gasteiger charge is 2.33. The first kappa shape index (κ1) is 9.56. The average Bonchev–Trinajstić information content (AvgIpc) is 2.03. The second-order valence-corrected chi connectivity index (χ2v) is 3.93. The molecule has 0 N–H and O–H groups in total. The highest BCUT2D eigenvalue weighted by Crippen LogP contribution is 2.34. The van der Waals surface area contributed by atoms with Crippen LogP contribution < -0.4 is 0 Å². The molecule has 0 radical (unpaired) electrons. The van der Waals surface area contributed by atoms with Gasteiger partial charge in [0.05, 0.1) is 13.0 Å². The summed E-state index contributed by atoms with van der Waals surface area (Å²) in [5, 5.41) is 0. The zero-order valence-corrected chi connectivity index (χ0v) is 8.17. The van der Waals surface area contributed by atoms with Crippen molar-refractivity contribution in [1.82, 2.24) is 0 Å². The van der Waals surface area contributed by atoms with E-state index in [9.17, 15) is 4.79 Å². The molecule has 1 rings (SSSR count). The van der Waals surface area contributed by atoms with Crippen molar-refractivity contribution in [2.24, 2.45) is 17.8 Å². The third-order valence-electron chi connectivity index (χ3n) is 3.02. The summed E-state index contributed by atoms with van der Waals surface area (Å²) in [4.78, 5) is 11.4. The molecule has 1 saturated carbocycles. The van der Waals surface area contributed by atoms with Gasteiger partial charge in [-0.05, 0) is 24.7 Å². The first-order valence-corrected chi connectivity index (χ1v) is 4.74. The SMILES string of the molecule is COC(=O)C1C(C)CCCC1C. The van der Waals surface area contributed by atoms with Gasteiger partial charge in [-0.2, -0.15) is 0 Å². The minimum Gasteiger partial charge on any atom is -0.469 e. The van der Waals surface area contributed by atoms with E-state index in [2.05, 4.69) is 13.8 Å². The molecule has 0 amide bonds. The molecular weight excluding hydrogens is 152 g/mol. The van der Waals surface area contributed by atoms with E-state index in [0.29, 0.717) is 11.8 Å². The molecule has 0 aromatic heterocycles. The Hall–Kier alpha value is -0.530. The molecule has 0 aromatic rings. The molecule has 2 nitrogen and oxygen atoms in total. The van der Waals surface area contributed by atoms with Gasteiger partial charge >= 0.3 is 5.97 Å². The highest BCUT2D eigenvalue weighted by molar-refractivity contribution is 5.73. The molecule has 0 aliphatic heterocycles. The minimum atomic E-state index is -0.0188. The predicted octanol–water partition coefficient (Wildman–Crippen LogP) is 2.23. The van der Waals surface area contributed by atoms with Gasteiger partial charge in [0.1, 0.15) is 0 Å². The van der Waals surface area contributed by atoms with Gasteiger partial charge in [0.15, 0.2) is 0 Å². The summed E-state index contributed by atoms with van der Waals surface area (Å²) >= 11 is 0. The Morgan fingerprint density at radius 2 is 1.75 bits per heavy atom. The van der Waals surface area contributed by atoms with Gasteiger partial charge in [-0.3, -0.25) is 4.79 Å². The Labute approximate surface area is 74.3 Å². The van der Waals surface area contributed by atoms with Crippen LogP contribution >= 0.6 is 0 Å². The Bertz CT molecular complexity index is 155. The Balaban J connectivity index is 2.62. The minimum absolute atomic E-state index is 0.0188. The summed E-state index contributed by atoms with van der Waals surface area (Å²) in [6.07, 6.45) is 3.60. The Morgan fingerprint density at radius 3 is 2.17 bits per heavy atom. The van der Waals surface area contributed by atoms with Gasteiger partial charge < -0.3 is 4.74 Å². The van der Waals surface area contributed by atoms with Crippen LogP contribution in [0.5, 0.6) is 0 Å². The van der Waals surface area contributed by atoms with E-state index in [0.717, 1.165) is 0 Å². The summed E-state index contributed by atoms with van der Waals surface area (Å²) < 4.78 is 4.79. The summed E-state index contributed by atoms with van der Waals surface area (Å²) in [7, 11) is 1.48. The lowest BCUT2D eigenvalue weighted by Gasteiger charge is -2.32. The number of hydrogen-bond acceptors (Lipinski definition) is 2. The number of carbonyl (C=O) groups is 1. The first-order chi connectivity index (χ1) is 5.66. The van der Waals surface area contributed by atoms with Crippen molar-refractivity contribution in [2.45, 2.75) is 33.1 Å². The monoisotopic (exact) mass is 170 g/mol. The van der Waals surface area contributed by atoms with Crippen LogP contribution in [0.1, 0.15) is 33.1 Å². The molecule has 2 unspecified atom stereocenters. The van der Waals surface area contributed by atoms with E-state index in [1.54, 1.807) is 0 Å². The smallest absolute Gasteiger partial charge is 0.309 e. The molecule has 1 aliphatic carbocycles. The largest absolute Gasteiger partial charge is 0.469 e. The molecule has 2 heteroatoms. The second-order valence-electron chi connectivity index (χ2n) is 3.93. The Kier molecular flexibility index (Phi) is 3.12. The van der Waals surface area contributed by atoms with Crippen molar-refractivity contribution in [3.05, 3.63) is 0 Å². The molecule has 1 fully saturated rings. The van der Waals surface area contributed by atoms with E-state index in [4.69, 9.17) is 4.74 Å². The topological polar surface area (TPSA) is 26.3 Å². The summed E-state index contributed by atoms with van der Waals surface area (Å²) in [5.41, 5.74) is 0. The maximum Gasteiger partial charge on any atom is 0.309 e. The van der Waals surface area contributed by atoms with Gasteiger partial charge in [-0.25, -0.2) is 0 Å². The number of esters is 1. The van der Waals surface area contributed by atoms with Crippen LogP contribution in [0, 0.1) is 17.8 Å². The maximum atomic E-state index is 11.4. The predicted molar refractivity (Wildman–Crippen MR) is 47.7 cm³/mol. The van der Waals surface area contributed by atoms with Crippen LogP contribution in [0.3, 0.4) is 0 Å². The fraction of sp³-hybridized carbons (Fsp3) is 0.900. The van der Waals surface area contributed by atoms with Gasteiger partial charge in [0, 0.05) is 0 Å². The van der Waals surface area contributed by atoms with E-state index < -0.39 is 0 Å². The molecule has 0 aromatic carbocycles. The van der Waals surface area contributed by atoms with E-state index in [1.165, 1.54) is 26.4 Å². The van der Waals surface area contributed by atoms with Crippen LogP contribution in [0.25, 0.3) is 0 Å². The first-order valence-electron chi connectivity index (χ1n) is 4.74. The fourth-order valence-corrected chi connectivity index (χ4v) is 2.28. The molecule has 2 atom stereocenters. The van der Waals surface area contributed by atoms with Crippen LogP contribution in [-0.4, -0.2) is 13.1 Å². The lowest BCUT2D eigenvalue weighted by Crippen LogP contribution is -2.32. The van der Waals surface area contributed by atoms with E-state index >= 15 is 0 Å². The van der Waals surface area contributed by atoms with E-state index in [1.807, 2.05) is 0 Å². The third kappa shape index (κ3) is 1.79. The number of ether oxygens (including phenoxy) is 1. The average molecular weight is 170 g/mol. The molecule has 0 spiro atoms. The standard InChI is InChI=1S/C10H18O2/c1-7-5-4-6-8(2)9(7)10(11)12-3/h7-9H,4-6H2,1-3H3. The summed E-state index contributed by atoms with van der Waals surface area (Å²) in [5.74, 6) is 1.13. The zero-order valence-electron chi connectivity index (χ0n) is 8.17. The van der Waals surface area contributed by atoms with Crippen LogP contribution in [-0.2, 0) is 9.53 Å². The van der Waals surface area contributed by atoms with Crippen LogP contribution in [0.15, 0.2) is 0 Å². The normalized spacial score (nSPS) is 36.1. The second kappa shape index (κ2) is 3.92. The van der Waals surface area contributed by atoms with Gasteiger partial charge in [-0.1, -0.05) is 20.3 Å². The number of rotatable bonds is 1. The van der Waals surface area contributed by atoms with Crippen molar-refractivity contribution < 1.29 is 9.53 Å². The fourth-order valence-electron chi connectivity index (χ4n) is 2.28. The lowest BCUT2D eigenvalue weighted by molar-refractivity contribution is -0.150. The number of methoxy groups -OCH3 is 1. The van der Waals surface area contributed by atoms with Crippen LogP contribution in [0.2, 0.25) is 0 Å². The van der Waals surface area contributed by atoms with Gasteiger partial charge in [0.25, 0.3) is 0 Å². The molecule has 12 heavy (non-hydrogen) atoms. The summed E-state index contributed by atoms with van der Waals surface area (Å²) in [6, 6.07) is 0.